The summed E-state index contributed by atoms with van der Waals surface area (Å²) in [5.74, 6) is 0. The molecule has 3 fully saturated rings. The van der Waals surface area contributed by atoms with Gasteiger partial charge in [0.05, 0.1) is 0 Å². The van der Waals surface area contributed by atoms with Crippen LogP contribution in [0.1, 0.15) is 40.0 Å². The summed E-state index contributed by atoms with van der Waals surface area (Å²) in [4.78, 5) is 11.5. The molecule has 0 radical (unpaired) electrons. The van der Waals surface area contributed by atoms with E-state index in [4.69, 9.17) is 5.73 Å². The van der Waals surface area contributed by atoms with Crippen LogP contribution in [0.25, 0.3) is 0 Å². The van der Waals surface area contributed by atoms with Gasteiger partial charge >= 0.3 is 6.03 Å². The fourth-order valence-electron chi connectivity index (χ4n) is 2.61. The van der Waals surface area contributed by atoms with Crippen LogP contribution >= 0.6 is 0 Å². The number of rotatable bonds is 1. The lowest BCUT2D eigenvalue weighted by atomic mass is 9.44. The van der Waals surface area contributed by atoms with Crippen molar-refractivity contribution in [3.8, 4) is 0 Å². The number of hydrogen-bond acceptors (Lipinski definition) is 2. The molecule has 2 bridgehead atoms. The number of amides is 2. The number of urea groups is 1. The molecule has 80 valence electrons. The lowest BCUT2D eigenvalue weighted by Gasteiger charge is -2.68. The molecule has 0 aromatic carbocycles. The third-order valence-electron chi connectivity index (χ3n) is 2.94. The lowest BCUT2D eigenvalue weighted by Crippen LogP contribution is -2.83. The Bertz CT molecular complexity index is 260. The number of nitrogens with one attached hydrogen (secondary N) is 2. The fourth-order valence-corrected chi connectivity index (χ4v) is 2.61. The van der Waals surface area contributed by atoms with Crippen LogP contribution in [-0.4, -0.2) is 22.6 Å². The van der Waals surface area contributed by atoms with Crippen LogP contribution in [0.5, 0.6) is 0 Å². The van der Waals surface area contributed by atoms with E-state index in [9.17, 15) is 4.79 Å². The molecule has 0 aromatic rings. The second-order valence-electron chi connectivity index (χ2n) is 6.00. The Morgan fingerprint density at radius 1 is 1.29 bits per heavy atom. The van der Waals surface area contributed by atoms with Gasteiger partial charge in [-0.3, -0.25) is 0 Å². The Kier molecular flexibility index (Phi) is 1.69. The highest BCUT2D eigenvalue weighted by Gasteiger charge is 2.66. The molecule has 4 N–H and O–H groups in total. The lowest BCUT2D eigenvalue weighted by molar-refractivity contribution is -0.0692. The Balaban J connectivity index is 1.80. The van der Waals surface area contributed by atoms with Gasteiger partial charge in [0.25, 0.3) is 0 Å². The smallest absolute Gasteiger partial charge is 0.315 e. The normalized spacial score (nSPS) is 39.4. The van der Waals surface area contributed by atoms with Crippen molar-refractivity contribution < 1.29 is 4.79 Å². The number of hydrogen-bond donors (Lipinski definition) is 3. The van der Waals surface area contributed by atoms with Gasteiger partial charge in [-0.2, -0.15) is 0 Å². The molecule has 14 heavy (non-hydrogen) atoms. The first kappa shape index (κ1) is 9.77. The zero-order valence-corrected chi connectivity index (χ0v) is 9.11. The summed E-state index contributed by atoms with van der Waals surface area (Å²) < 4.78 is 0. The zero-order valence-electron chi connectivity index (χ0n) is 9.11. The molecule has 0 unspecified atom stereocenters. The summed E-state index contributed by atoms with van der Waals surface area (Å²) in [6.07, 6.45) is 2.83. The number of carbonyl (C=O) groups is 1. The largest absolute Gasteiger partial charge is 0.334 e. The van der Waals surface area contributed by atoms with E-state index in [0.717, 1.165) is 19.3 Å². The molecule has 0 aliphatic heterocycles. The minimum atomic E-state index is -0.173. The monoisotopic (exact) mass is 197 g/mol. The molecule has 3 saturated carbocycles. The van der Waals surface area contributed by atoms with E-state index in [1.165, 1.54) is 0 Å². The third-order valence-corrected chi connectivity index (χ3v) is 2.94. The molecule has 0 heterocycles. The SMILES string of the molecule is CC(C)(C)NC(=O)NC12CC(N)(C1)C2. The van der Waals surface area contributed by atoms with Gasteiger partial charge in [-0.05, 0) is 40.0 Å². The molecule has 0 aromatic heterocycles. The van der Waals surface area contributed by atoms with Gasteiger partial charge in [-0.15, -0.1) is 0 Å². The van der Waals surface area contributed by atoms with Crippen molar-refractivity contribution in [3.05, 3.63) is 0 Å². The predicted molar refractivity (Wildman–Crippen MR) is 54.9 cm³/mol. The van der Waals surface area contributed by atoms with Gasteiger partial charge in [-0.1, -0.05) is 0 Å². The van der Waals surface area contributed by atoms with Crippen LogP contribution in [0.3, 0.4) is 0 Å². The predicted octanol–water partition coefficient (Wildman–Crippen LogP) is 0.718. The van der Waals surface area contributed by atoms with Gasteiger partial charge in [-0.25, -0.2) is 4.79 Å². The van der Waals surface area contributed by atoms with E-state index in [1.54, 1.807) is 0 Å². The topological polar surface area (TPSA) is 67.2 Å². The molecule has 3 aliphatic rings. The first-order valence-corrected chi connectivity index (χ1v) is 5.11. The van der Waals surface area contributed by atoms with E-state index in [0.29, 0.717) is 0 Å². The van der Waals surface area contributed by atoms with Crippen molar-refractivity contribution in [1.82, 2.24) is 10.6 Å². The van der Waals surface area contributed by atoms with Gasteiger partial charge < -0.3 is 16.4 Å². The van der Waals surface area contributed by atoms with Crippen LogP contribution < -0.4 is 16.4 Å². The Hall–Kier alpha value is -0.770. The van der Waals surface area contributed by atoms with Crippen LogP contribution in [0.2, 0.25) is 0 Å². The second-order valence-corrected chi connectivity index (χ2v) is 6.00. The quantitative estimate of drug-likeness (QED) is 0.580. The minimum absolute atomic E-state index is 0.0318. The van der Waals surface area contributed by atoms with E-state index in [1.807, 2.05) is 20.8 Å². The van der Waals surface area contributed by atoms with E-state index in [-0.39, 0.29) is 22.6 Å². The summed E-state index contributed by atoms with van der Waals surface area (Å²) in [6.45, 7) is 5.91. The maximum atomic E-state index is 11.5. The van der Waals surface area contributed by atoms with Crippen LogP contribution in [-0.2, 0) is 0 Å². The maximum Gasteiger partial charge on any atom is 0.315 e. The average molecular weight is 197 g/mol. The molecular formula is C10H19N3O. The van der Waals surface area contributed by atoms with Gasteiger partial charge in [0.1, 0.15) is 0 Å². The van der Waals surface area contributed by atoms with Crippen LogP contribution in [0, 0.1) is 0 Å². The minimum Gasteiger partial charge on any atom is -0.334 e. The fraction of sp³-hybridized carbons (Fsp3) is 0.900. The Morgan fingerprint density at radius 3 is 2.14 bits per heavy atom. The highest BCUT2D eigenvalue weighted by Crippen LogP contribution is 2.58. The van der Waals surface area contributed by atoms with Crippen LogP contribution in [0.4, 0.5) is 4.79 Å². The first-order chi connectivity index (χ1) is 6.22. The standard InChI is InChI=1S/C10H19N3O/c1-8(2,3)12-7(14)13-10-4-9(11,5-10)6-10/h4-6,11H2,1-3H3,(H2,12,13,14). The first-order valence-electron chi connectivity index (χ1n) is 5.11. The summed E-state index contributed by atoms with van der Waals surface area (Å²) >= 11 is 0. The molecule has 0 spiro atoms. The van der Waals surface area contributed by atoms with Gasteiger partial charge in [0, 0.05) is 16.6 Å². The maximum absolute atomic E-state index is 11.5. The third kappa shape index (κ3) is 1.59. The van der Waals surface area contributed by atoms with Crippen molar-refractivity contribution in [2.24, 2.45) is 5.73 Å². The highest BCUT2D eigenvalue weighted by atomic mass is 16.2. The molecule has 3 rings (SSSR count). The molecule has 4 heteroatoms. The summed E-state index contributed by atoms with van der Waals surface area (Å²) in [5.41, 5.74) is 5.81. The second kappa shape index (κ2) is 2.42. The van der Waals surface area contributed by atoms with Crippen molar-refractivity contribution in [2.45, 2.75) is 56.7 Å². The summed E-state index contributed by atoms with van der Waals surface area (Å²) in [7, 11) is 0. The molecule has 0 atom stereocenters. The summed E-state index contributed by atoms with van der Waals surface area (Å²) in [5, 5.41) is 5.90. The molecule has 0 saturated heterocycles. The average Bonchev–Trinajstić information content (AvgIpc) is 1.76. The van der Waals surface area contributed by atoms with Crippen molar-refractivity contribution in [1.29, 1.82) is 0 Å². The number of carbonyl (C=O) groups excluding carboxylic acids is 1. The van der Waals surface area contributed by atoms with E-state index < -0.39 is 0 Å². The Labute approximate surface area is 84.6 Å². The van der Waals surface area contributed by atoms with Crippen LogP contribution in [0.15, 0.2) is 0 Å². The molecule has 4 nitrogen and oxygen atoms in total. The molecule has 3 aliphatic carbocycles. The van der Waals surface area contributed by atoms with Crippen molar-refractivity contribution >= 4 is 6.03 Å². The van der Waals surface area contributed by atoms with E-state index >= 15 is 0 Å². The molecule has 2 amide bonds. The van der Waals surface area contributed by atoms with Gasteiger partial charge in [0.2, 0.25) is 0 Å². The van der Waals surface area contributed by atoms with Gasteiger partial charge in [0.15, 0.2) is 0 Å². The molecular weight excluding hydrogens is 178 g/mol. The zero-order chi connectivity index (χ0) is 10.6. The Morgan fingerprint density at radius 2 is 1.79 bits per heavy atom. The summed E-state index contributed by atoms with van der Waals surface area (Å²) in [6, 6.07) is -0.0701. The number of nitrogens with two attached hydrogens (primary N) is 1. The van der Waals surface area contributed by atoms with Crippen molar-refractivity contribution in [2.75, 3.05) is 0 Å². The highest BCUT2D eigenvalue weighted by molar-refractivity contribution is 5.76. The van der Waals surface area contributed by atoms with E-state index in [2.05, 4.69) is 10.6 Å². The van der Waals surface area contributed by atoms with Crippen molar-refractivity contribution in [3.63, 3.8) is 0 Å².